The van der Waals surface area contributed by atoms with Crippen LogP contribution in [0.4, 0.5) is 0 Å². The van der Waals surface area contributed by atoms with Crippen LogP contribution in [-0.2, 0) is 4.43 Å². The summed E-state index contributed by atoms with van der Waals surface area (Å²) in [7, 11) is -1.79. The Balaban J connectivity index is 5.04. The van der Waals surface area contributed by atoms with Crippen LogP contribution < -0.4 is 11.5 Å². The summed E-state index contributed by atoms with van der Waals surface area (Å²) in [6.45, 7) is 14.7. The molecule has 0 saturated carbocycles. The lowest BCUT2D eigenvalue weighted by atomic mass is 10.4. The van der Waals surface area contributed by atoms with Crippen molar-refractivity contribution in [3.05, 3.63) is 0 Å². The smallest absolute Gasteiger partial charge is 0.200 e. The average molecular weight is 246 g/mol. The second-order valence-corrected chi connectivity index (χ2v) is 10.9. The molecule has 0 fully saturated rings. The zero-order valence-corrected chi connectivity index (χ0v) is 12.8. The van der Waals surface area contributed by atoms with Crippen molar-refractivity contribution >= 4 is 8.32 Å². The van der Waals surface area contributed by atoms with E-state index in [4.69, 9.17) is 15.9 Å². The van der Waals surface area contributed by atoms with Gasteiger partial charge in [-0.25, -0.2) is 0 Å². The zero-order valence-electron chi connectivity index (χ0n) is 11.8. The van der Waals surface area contributed by atoms with Crippen molar-refractivity contribution in [2.75, 3.05) is 13.1 Å². The monoisotopic (exact) mass is 246 g/mol. The van der Waals surface area contributed by atoms with Crippen LogP contribution in [0.5, 0.6) is 0 Å². The van der Waals surface area contributed by atoms with Crippen LogP contribution >= 0.6 is 0 Å². The summed E-state index contributed by atoms with van der Waals surface area (Å²) in [5, 5.41) is 0. The predicted molar refractivity (Wildman–Crippen MR) is 74.0 cm³/mol. The van der Waals surface area contributed by atoms with Crippen molar-refractivity contribution in [2.45, 2.75) is 64.3 Å². The molecule has 0 aliphatic heterocycles. The number of hydrogen-bond donors (Lipinski definition) is 2. The molecule has 0 unspecified atom stereocenters. The molecule has 4 N–H and O–H groups in total. The lowest BCUT2D eigenvalue weighted by Crippen LogP contribution is -2.53. The SMILES string of the molecule is CC(C)[Si](OC(CN)CN)(C(C)C)C(C)C. The molecule has 0 aromatic rings. The fourth-order valence-electron chi connectivity index (χ4n) is 2.89. The van der Waals surface area contributed by atoms with Gasteiger partial charge in [-0.15, -0.1) is 0 Å². The summed E-state index contributed by atoms with van der Waals surface area (Å²) < 4.78 is 6.41. The van der Waals surface area contributed by atoms with E-state index in [0.29, 0.717) is 29.7 Å². The van der Waals surface area contributed by atoms with Gasteiger partial charge in [0.05, 0.1) is 6.10 Å². The first-order chi connectivity index (χ1) is 7.32. The molecule has 0 amide bonds. The van der Waals surface area contributed by atoms with Gasteiger partial charge in [-0.05, 0) is 16.6 Å². The van der Waals surface area contributed by atoms with Gasteiger partial charge in [-0.3, -0.25) is 0 Å². The topological polar surface area (TPSA) is 61.3 Å². The van der Waals surface area contributed by atoms with E-state index in [1.54, 1.807) is 0 Å². The Morgan fingerprint density at radius 1 is 0.812 bits per heavy atom. The minimum atomic E-state index is -1.79. The first-order valence-electron chi connectivity index (χ1n) is 6.40. The van der Waals surface area contributed by atoms with E-state index >= 15 is 0 Å². The van der Waals surface area contributed by atoms with E-state index in [-0.39, 0.29) is 6.10 Å². The van der Waals surface area contributed by atoms with Crippen molar-refractivity contribution in [3.8, 4) is 0 Å². The Morgan fingerprint density at radius 2 is 1.12 bits per heavy atom. The maximum atomic E-state index is 6.41. The molecule has 3 nitrogen and oxygen atoms in total. The number of hydrogen-bond acceptors (Lipinski definition) is 3. The molecule has 0 aliphatic carbocycles. The molecule has 0 aliphatic rings. The quantitative estimate of drug-likeness (QED) is 0.678. The lowest BCUT2D eigenvalue weighted by molar-refractivity contribution is 0.188. The third-order valence-electron chi connectivity index (χ3n) is 3.60. The largest absolute Gasteiger partial charge is 0.411 e. The first kappa shape index (κ1) is 16.1. The number of nitrogens with two attached hydrogens (primary N) is 2. The summed E-state index contributed by atoms with van der Waals surface area (Å²) in [6.07, 6.45) is 0.0267. The van der Waals surface area contributed by atoms with Crippen molar-refractivity contribution < 1.29 is 4.43 Å². The molecule has 0 radical (unpaired) electrons. The predicted octanol–water partition coefficient (Wildman–Crippen LogP) is 2.46. The molecule has 0 spiro atoms. The van der Waals surface area contributed by atoms with E-state index in [1.165, 1.54) is 0 Å². The molecule has 4 heteroatoms. The molecular formula is C12H30N2OSi. The van der Waals surface area contributed by atoms with Crippen molar-refractivity contribution in [1.82, 2.24) is 0 Å². The third-order valence-corrected chi connectivity index (χ3v) is 9.76. The van der Waals surface area contributed by atoms with Crippen molar-refractivity contribution in [3.63, 3.8) is 0 Å². The molecule has 0 rings (SSSR count). The minimum Gasteiger partial charge on any atom is -0.411 e. The van der Waals surface area contributed by atoms with Crippen molar-refractivity contribution in [1.29, 1.82) is 0 Å². The second kappa shape index (κ2) is 6.74. The van der Waals surface area contributed by atoms with Gasteiger partial charge in [0.25, 0.3) is 0 Å². The summed E-state index contributed by atoms with van der Waals surface area (Å²) in [5.74, 6) is 0. The summed E-state index contributed by atoms with van der Waals surface area (Å²) >= 11 is 0. The lowest BCUT2D eigenvalue weighted by Gasteiger charge is -2.44. The highest BCUT2D eigenvalue weighted by Gasteiger charge is 2.46. The van der Waals surface area contributed by atoms with Gasteiger partial charge >= 0.3 is 0 Å². The van der Waals surface area contributed by atoms with Crippen molar-refractivity contribution in [2.24, 2.45) is 11.5 Å². The Morgan fingerprint density at radius 3 is 1.31 bits per heavy atom. The van der Waals surface area contributed by atoms with Crippen LogP contribution in [0.25, 0.3) is 0 Å². The Kier molecular flexibility index (Phi) is 6.78. The highest BCUT2D eigenvalue weighted by Crippen LogP contribution is 2.42. The highest BCUT2D eigenvalue weighted by atomic mass is 28.4. The molecular weight excluding hydrogens is 216 g/mol. The van der Waals surface area contributed by atoms with Crippen LogP contribution in [0, 0.1) is 0 Å². The van der Waals surface area contributed by atoms with Gasteiger partial charge in [0, 0.05) is 13.1 Å². The molecule has 0 aromatic heterocycles. The van der Waals surface area contributed by atoms with Crippen LogP contribution in [0.1, 0.15) is 41.5 Å². The van der Waals surface area contributed by atoms with E-state index in [1.807, 2.05) is 0 Å². The summed E-state index contributed by atoms with van der Waals surface area (Å²) in [4.78, 5) is 0. The minimum absolute atomic E-state index is 0.0267. The Hall–Kier alpha value is 0.0969. The van der Waals surface area contributed by atoms with Crippen LogP contribution in [0.3, 0.4) is 0 Å². The average Bonchev–Trinajstić information content (AvgIpc) is 2.18. The molecule has 0 aromatic carbocycles. The van der Waals surface area contributed by atoms with Gasteiger partial charge in [0.2, 0.25) is 8.32 Å². The summed E-state index contributed by atoms with van der Waals surface area (Å²) in [5.41, 5.74) is 13.2. The highest BCUT2D eigenvalue weighted by molar-refractivity contribution is 6.77. The number of rotatable bonds is 7. The molecule has 0 atom stereocenters. The van der Waals surface area contributed by atoms with Gasteiger partial charge in [0.1, 0.15) is 0 Å². The molecule has 0 heterocycles. The van der Waals surface area contributed by atoms with E-state index < -0.39 is 8.32 Å². The normalized spacial score (nSPS) is 13.5. The second-order valence-electron chi connectivity index (χ2n) is 5.53. The van der Waals surface area contributed by atoms with Gasteiger partial charge < -0.3 is 15.9 Å². The van der Waals surface area contributed by atoms with E-state index in [2.05, 4.69) is 41.5 Å². The molecule has 16 heavy (non-hydrogen) atoms. The zero-order chi connectivity index (χ0) is 12.9. The van der Waals surface area contributed by atoms with Crippen LogP contribution in [0.2, 0.25) is 16.6 Å². The standard InChI is InChI=1S/C12H30N2OSi/c1-9(2)16(10(3)4,11(5)6)15-12(7-13)8-14/h9-12H,7-8,13-14H2,1-6H3. The maximum absolute atomic E-state index is 6.41. The summed E-state index contributed by atoms with van der Waals surface area (Å²) in [6, 6.07) is 0. The fourth-order valence-corrected chi connectivity index (χ4v) is 8.48. The Bertz CT molecular complexity index is 170. The maximum Gasteiger partial charge on any atom is 0.200 e. The van der Waals surface area contributed by atoms with Gasteiger partial charge in [0.15, 0.2) is 0 Å². The third kappa shape index (κ3) is 3.29. The van der Waals surface area contributed by atoms with Crippen LogP contribution in [-0.4, -0.2) is 27.5 Å². The van der Waals surface area contributed by atoms with Gasteiger partial charge in [-0.2, -0.15) is 0 Å². The Labute approximate surface area is 102 Å². The van der Waals surface area contributed by atoms with Crippen LogP contribution in [0.15, 0.2) is 0 Å². The fraction of sp³-hybridized carbons (Fsp3) is 1.00. The first-order valence-corrected chi connectivity index (χ1v) is 8.54. The molecule has 0 bridgehead atoms. The van der Waals surface area contributed by atoms with E-state index in [0.717, 1.165) is 0 Å². The van der Waals surface area contributed by atoms with Gasteiger partial charge in [-0.1, -0.05) is 41.5 Å². The van der Waals surface area contributed by atoms with E-state index in [9.17, 15) is 0 Å². The molecule has 0 saturated heterocycles. The molecule has 98 valence electrons.